The molecule has 7 nitrogen and oxygen atoms in total. The fraction of sp³-hybridized carbons (Fsp3) is 0.529. The first kappa shape index (κ1) is 17.6. The molecule has 1 aliphatic carbocycles. The SMILES string of the molecule is COC(=O)C1(NC(=O)CCc2nnc(-c3ccsc3)o2)CCCCC1. The van der Waals surface area contributed by atoms with Crippen LogP contribution in [0.25, 0.3) is 11.5 Å². The first-order valence-electron chi connectivity index (χ1n) is 8.37. The lowest BCUT2D eigenvalue weighted by molar-refractivity contribution is -0.152. The highest BCUT2D eigenvalue weighted by Crippen LogP contribution is 2.29. The zero-order valence-corrected chi connectivity index (χ0v) is 14.9. The Morgan fingerprint density at radius 2 is 2.12 bits per heavy atom. The van der Waals surface area contributed by atoms with E-state index >= 15 is 0 Å². The highest BCUT2D eigenvalue weighted by atomic mass is 32.1. The van der Waals surface area contributed by atoms with Crippen LogP contribution in [0.1, 0.15) is 44.4 Å². The van der Waals surface area contributed by atoms with Crippen LogP contribution >= 0.6 is 11.3 Å². The molecular weight excluding hydrogens is 342 g/mol. The summed E-state index contributed by atoms with van der Waals surface area (Å²) in [7, 11) is 1.36. The standard InChI is InChI=1S/C17H21N3O4S/c1-23-16(22)17(8-3-2-4-9-17)18-13(21)5-6-14-19-20-15(24-14)12-7-10-25-11-12/h7,10-11H,2-6,8-9H2,1H3,(H,18,21). The minimum absolute atomic E-state index is 0.185. The summed E-state index contributed by atoms with van der Waals surface area (Å²) in [5.74, 6) is 0.294. The molecule has 1 amide bonds. The van der Waals surface area contributed by atoms with Crippen molar-refractivity contribution in [1.29, 1.82) is 0 Å². The van der Waals surface area contributed by atoms with Gasteiger partial charge < -0.3 is 14.5 Å². The van der Waals surface area contributed by atoms with Crippen LogP contribution in [0.2, 0.25) is 0 Å². The lowest BCUT2D eigenvalue weighted by Gasteiger charge is -2.35. The number of carbonyl (C=O) groups excluding carboxylic acids is 2. The van der Waals surface area contributed by atoms with E-state index in [9.17, 15) is 9.59 Å². The van der Waals surface area contributed by atoms with E-state index < -0.39 is 5.54 Å². The molecule has 2 heterocycles. The molecule has 1 N–H and O–H groups in total. The van der Waals surface area contributed by atoms with Gasteiger partial charge in [-0.1, -0.05) is 19.3 Å². The van der Waals surface area contributed by atoms with Gasteiger partial charge in [-0.15, -0.1) is 10.2 Å². The Balaban J connectivity index is 1.57. The van der Waals surface area contributed by atoms with Crippen molar-refractivity contribution < 1.29 is 18.7 Å². The molecule has 8 heteroatoms. The van der Waals surface area contributed by atoms with Gasteiger partial charge >= 0.3 is 5.97 Å². The topological polar surface area (TPSA) is 94.3 Å². The maximum Gasteiger partial charge on any atom is 0.331 e. The predicted octanol–water partition coefficient (Wildman–Crippen LogP) is 2.72. The van der Waals surface area contributed by atoms with Crippen LogP contribution in [0, 0.1) is 0 Å². The lowest BCUT2D eigenvalue weighted by Crippen LogP contribution is -2.56. The molecule has 0 saturated heterocycles. The molecule has 1 saturated carbocycles. The van der Waals surface area contributed by atoms with Gasteiger partial charge in [-0.2, -0.15) is 11.3 Å². The van der Waals surface area contributed by atoms with Crippen molar-refractivity contribution in [3.05, 3.63) is 22.7 Å². The average molecular weight is 363 g/mol. The predicted molar refractivity (Wildman–Crippen MR) is 91.9 cm³/mol. The van der Waals surface area contributed by atoms with Crippen LogP contribution < -0.4 is 5.32 Å². The van der Waals surface area contributed by atoms with Gasteiger partial charge in [-0.25, -0.2) is 4.79 Å². The second-order valence-corrected chi connectivity index (χ2v) is 6.98. The number of hydrogen-bond donors (Lipinski definition) is 1. The number of aryl methyl sites for hydroxylation is 1. The zero-order chi connectivity index (χ0) is 17.7. The van der Waals surface area contributed by atoms with Crippen LogP contribution in [0.4, 0.5) is 0 Å². The lowest BCUT2D eigenvalue weighted by atomic mass is 9.81. The van der Waals surface area contributed by atoms with Gasteiger partial charge in [0.2, 0.25) is 17.7 Å². The van der Waals surface area contributed by atoms with Crippen LogP contribution in [0.5, 0.6) is 0 Å². The van der Waals surface area contributed by atoms with Gasteiger partial charge in [0.25, 0.3) is 0 Å². The van der Waals surface area contributed by atoms with Crippen molar-refractivity contribution in [2.45, 2.75) is 50.5 Å². The summed E-state index contributed by atoms with van der Waals surface area (Å²) >= 11 is 1.55. The Hall–Kier alpha value is -2.22. The number of nitrogens with one attached hydrogen (secondary N) is 1. The van der Waals surface area contributed by atoms with E-state index in [-0.39, 0.29) is 18.3 Å². The first-order chi connectivity index (χ1) is 12.1. The molecule has 0 aromatic carbocycles. The van der Waals surface area contributed by atoms with Gasteiger partial charge in [-0.3, -0.25) is 4.79 Å². The molecule has 134 valence electrons. The highest BCUT2D eigenvalue weighted by molar-refractivity contribution is 7.08. The quantitative estimate of drug-likeness (QED) is 0.793. The maximum atomic E-state index is 12.3. The molecule has 0 spiro atoms. The van der Waals surface area contributed by atoms with Crippen LogP contribution in [-0.4, -0.2) is 34.7 Å². The third kappa shape index (κ3) is 4.07. The van der Waals surface area contributed by atoms with Gasteiger partial charge in [0.1, 0.15) is 5.54 Å². The molecular formula is C17H21N3O4S. The largest absolute Gasteiger partial charge is 0.467 e. The van der Waals surface area contributed by atoms with Crippen molar-refractivity contribution >= 4 is 23.2 Å². The number of carbonyl (C=O) groups is 2. The van der Waals surface area contributed by atoms with Crippen molar-refractivity contribution in [2.24, 2.45) is 0 Å². The summed E-state index contributed by atoms with van der Waals surface area (Å²) in [5, 5.41) is 14.7. The minimum atomic E-state index is -0.888. The fourth-order valence-electron chi connectivity index (χ4n) is 3.14. The average Bonchev–Trinajstić information content (AvgIpc) is 3.31. The van der Waals surface area contributed by atoms with Gasteiger partial charge in [0.05, 0.1) is 7.11 Å². The smallest absolute Gasteiger partial charge is 0.331 e. The van der Waals surface area contributed by atoms with Crippen molar-refractivity contribution in [3.8, 4) is 11.5 Å². The molecule has 3 rings (SSSR count). The molecule has 0 radical (unpaired) electrons. The molecule has 0 atom stereocenters. The third-order valence-electron chi connectivity index (χ3n) is 4.46. The number of ether oxygens (including phenoxy) is 1. The summed E-state index contributed by atoms with van der Waals surface area (Å²) in [5.41, 5.74) is -0.0131. The van der Waals surface area contributed by atoms with Crippen molar-refractivity contribution in [2.75, 3.05) is 7.11 Å². The van der Waals surface area contributed by atoms with Crippen molar-refractivity contribution in [3.63, 3.8) is 0 Å². The monoisotopic (exact) mass is 363 g/mol. The molecule has 2 aromatic rings. The molecule has 2 aromatic heterocycles. The van der Waals surface area contributed by atoms with E-state index in [0.717, 1.165) is 24.8 Å². The highest BCUT2D eigenvalue weighted by Gasteiger charge is 2.41. The number of nitrogens with zero attached hydrogens (tertiary/aromatic N) is 2. The summed E-state index contributed by atoms with van der Waals surface area (Å²) in [6.07, 6.45) is 4.64. The van der Waals surface area contributed by atoms with E-state index in [1.165, 1.54) is 7.11 Å². The van der Waals surface area contributed by atoms with E-state index in [1.54, 1.807) is 11.3 Å². The Morgan fingerprint density at radius 1 is 1.32 bits per heavy atom. The van der Waals surface area contributed by atoms with Gasteiger partial charge in [0, 0.05) is 23.8 Å². The summed E-state index contributed by atoms with van der Waals surface area (Å²) < 4.78 is 10.5. The Kier molecular flexibility index (Phi) is 5.47. The van der Waals surface area contributed by atoms with Crippen LogP contribution in [-0.2, 0) is 20.7 Å². The Bertz CT molecular complexity index is 720. The Morgan fingerprint density at radius 3 is 2.80 bits per heavy atom. The molecule has 25 heavy (non-hydrogen) atoms. The number of rotatable bonds is 6. The first-order valence-corrected chi connectivity index (χ1v) is 9.32. The number of methoxy groups -OCH3 is 1. The molecule has 1 fully saturated rings. The zero-order valence-electron chi connectivity index (χ0n) is 14.1. The fourth-order valence-corrected chi connectivity index (χ4v) is 3.77. The number of aromatic nitrogens is 2. The third-order valence-corrected chi connectivity index (χ3v) is 5.15. The van der Waals surface area contributed by atoms with Crippen LogP contribution in [0.3, 0.4) is 0 Å². The number of hydrogen-bond acceptors (Lipinski definition) is 7. The number of thiophene rings is 1. The normalized spacial score (nSPS) is 16.4. The molecule has 0 bridgehead atoms. The van der Waals surface area contributed by atoms with E-state index in [4.69, 9.17) is 9.15 Å². The minimum Gasteiger partial charge on any atom is -0.467 e. The van der Waals surface area contributed by atoms with Gasteiger partial charge in [0.15, 0.2) is 0 Å². The Labute approximate surface area is 149 Å². The summed E-state index contributed by atoms with van der Waals surface area (Å²) in [6.45, 7) is 0. The summed E-state index contributed by atoms with van der Waals surface area (Å²) in [6, 6.07) is 1.90. The maximum absolute atomic E-state index is 12.3. The van der Waals surface area contributed by atoms with Gasteiger partial charge in [-0.05, 0) is 24.3 Å². The van der Waals surface area contributed by atoms with Crippen LogP contribution in [0.15, 0.2) is 21.2 Å². The van der Waals surface area contributed by atoms with E-state index in [0.29, 0.717) is 31.0 Å². The number of amides is 1. The molecule has 1 aliphatic rings. The molecule has 0 aliphatic heterocycles. The van der Waals surface area contributed by atoms with Crippen molar-refractivity contribution in [1.82, 2.24) is 15.5 Å². The second kappa shape index (κ2) is 7.77. The summed E-state index contributed by atoms with van der Waals surface area (Å²) in [4.78, 5) is 24.5. The second-order valence-electron chi connectivity index (χ2n) is 6.20. The van der Waals surface area contributed by atoms with E-state index in [2.05, 4.69) is 15.5 Å². The molecule has 0 unspecified atom stereocenters. The number of esters is 1. The van der Waals surface area contributed by atoms with E-state index in [1.807, 2.05) is 16.8 Å².